The molecule has 2 atom stereocenters. The largest absolute Gasteiger partial charge is 0.487 e. The maximum absolute atomic E-state index is 12.8. The van der Waals surface area contributed by atoms with Crippen LogP contribution >= 0.6 is 11.8 Å². The van der Waals surface area contributed by atoms with E-state index in [-0.39, 0.29) is 22.8 Å². The summed E-state index contributed by atoms with van der Waals surface area (Å²) in [6.07, 6.45) is 0.761. The molecule has 3 rings (SSSR count). The van der Waals surface area contributed by atoms with Gasteiger partial charge in [0, 0.05) is 16.9 Å². The molecule has 138 valence electrons. The van der Waals surface area contributed by atoms with Crippen LogP contribution in [0.4, 0.5) is 0 Å². The van der Waals surface area contributed by atoms with E-state index < -0.39 is 0 Å². The highest BCUT2D eigenvalue weighted by Crippen LogP contribution is 2.40. The minimum absolute atomic E-state index is 0.0257. The average Bonchev–Trinajstić information content (AvgIpc) is 2.57. The van der Waals surface area contributed by atoms with Crippen LogP contribution in [0.3, 0.4) is 0 Å². The lowest BCUT2D eigenvalue weighted by molar-refractivity contribution is -0.121. The number of nitrogens with one attached hydrogen (secondary N) is 1. The van der Waals surface area contributed by atoms with Gasteiger partial charge in [0.05, 0.1) is 11.3 Å². The summed E-state index contributed by atoms with van der Waals surface area (Å²) < 4.78 is 6.10. The van der Waals surface area contributed by atoms with E-state index in [4.69, 9.17) is 4.74 Å². The first-order chi connectivity index (χ1) is 12.2. The third-order valence-electron chi connectivity index (χ3n) is 4.64. The number of thioether (sulfide) groups is 1. The van der Waals surface area contributed by atoms with Crippen LogP contribution in [0, 0.1) is 13.8 Å². The molecule has 26 heavy (non-hydrogen) atoms. The van der Waals surface area contributed by atoms with Crippen LogP contribution in [-0.2, 0) is 4.79 Å². The van der Waals surface area contributed by atoms with Gasteiger partial charge < -0.3 is 10.1 Å². The van der Waals surface area contributed by atoms with Crippen molar-refractivity contribution in [2.45, 2.75) is 62.8 Å². The van der Waals surface area contributed by atoms with Gasteiger partial charge >= 0.3 is 0 Å². The minimum Gasteiger partial charge on any atom is -0.487 e. The van der Waals surface area contributed by atoms with E-state index in [9.17, 15) is 4.79 Å². The second kappa shape index (κ2) is 7.36. The predicted molar refractivity (Wildman–Crippen MR) is 108 cm³/mol. The Balaban J connectivity index is 1.74. The number of hydrogen-bond donors (Lipinski definition) is 1. The van der Waals surface area contributed by atoms with Gasteiger partial charge in [0.1, 0.15) is 11.4 Å². The highest BCUT2D eigenvalue weighted by atomic mass is 32.2. The topological polar surface area (TPSA) is 38.3 Å². The summed E-state index contributed by atoms with van der Waals surface area (Å²) in [6.45, 7) is 10.2. The Morgan fingerprint density at radius 3 is 2.50 bits per heavy atom. The van der Waals surface area contributed by atoms with E-state index in [2.05, 4.69) is 69.4 Å². The Labute approximate surface area is 160 Å². The maximum atomic E-state index is 12.8. The van der Waals surface area contributed by atoms with E-state index in [1.807, 2.05) is 13.0 Å². The molecule has 2 aromatic rings. The first kappa shape index (κ1) is 18.8. The van der Waals surface area contributed by atoms with E-state index in [0.717, 1.165) is 22.6 Å². The summed E-state index contributed by atoms with van der Waals surface area (Å²) in [6, 6.07) is 14.4. The molecule has 3 nitrogen and oxygen atoms in total. The Kier molecular flexibility index (Phi) is 5.33. The number of carbonyl (C=O) groups excluding carboxylic acids is 1. The van der Waals surface area contributed by atoms with E-state index in [1.165, 1.54) is 11.1 Å². The van der Waals surface area contributed by atoms with Gasteiger partial charge in [-0.2, -0.15) is 0 Å². The zero-order chi connectivity index (χ0) is 18.9. The zero-order valence-corrected chi connectivity index (χ0v) is 16.9. The fourth-order valence-corrected chi connectivity index (χ4v) is 4.14. The molecular weight excluding hydrogens is 342 g/mol. The Morgan fingerprint density at radius 1 is 1.15 bits per heavy atom. The number of aryl methyl sites for hydroxylation is 2. The average molecular weight is 370 g/mol. The molecule has 4 heteroatoms. The van der Waals surface area contributed by atoms with E-state index >= 15 is 0 Å². The third kappa shape index (κ3) is 4.42. The smallest absolute Gasteiger partial charge is 0.233 e. The van der Waals surface area contributed by atoms with Crippen molar-refractivity contribution in [3.63, 3.8) is 0 Å². The number of ether oxygens (including phenoxy) is 1. The summed E-state index contributed by atoms with van der Waals surface area (Å²) >= 11 is 1.59. The van der Waals surface area contributed by atoms with Gasteiger partial charge in [0.25, 0.3) is 0 Å². The molecule has 0 unspecified atom stereocenters. The van der Waals surface area contributed by atoms with Crippen molar-refractivity contribution < 1.29 is 9.53 Å². The lowest BCUT2D eigenvalue weighted by Crippen LogP contribution is -2.43. The first-order valence-corrected chi connectivity index (χ1v) is 9.95. The van der Waals surface area contributed by atoms with Gasteiger partial charge in [0.2, 0.25) is 5.91 Å². The molecule has 1 amide bonds. The molecule has 0 fully saturated rings. The molecule has 0 aromatic heterocycles. The van der Waals surface area contributed by atoms with Crippen molar-refractivity contribution in [1.82, 2.24) is 5.32 Å². The van der Waals surface area contributed by atoms with Crippen molar-refractivity contribution in [2.75, 3.05) is 0 Å². The monoisotopic (exact) mass is 369 g/mol. The molecule has 0 aliphatic carbocycles. The van der Waals surface area contributed by atoms with Gasteiger partial charge in [-0.3, -0.25) is 4.79 Å². The normalized spacial score (nSPS) is 19.2. The van der Waals surface area contributed by atoms with Crippen molar-refractivity contribution >= 4 is 17.7 Å². The first-order valence-electron chi connectivity index (χ1n) is 9.07. The standard InChI is InChI=1S/C22H27NO2S/c1-14-6-9-17(10-7-14)26-16(3)21(24)23-19-13-22(4,5)25-20-11-8-15(2)12-18(19)20/h6-12,16,19H,13H2,1-5H3,(H,23,24)/t16-,19-/m0/s1. The van der Waals surface area contributed by atoms with Gasteiger partial charge in [-0.25, -0.2) is 0 Å². The van der Waals surface area contributed by atoms with Crippen LogP contribution in [0.25, 0.3) is 0 Å². The fourth-order valence-electron chi connectivity index (χ4n) is 3.27. The van der Waals surface area contributed by atoms with Gasteiger partial charge in [0.15, 0.2) is 0 Å². The number of carbonyl (C=O) groups is 1. The number of fused-ring (bicyclic) bond motifs is 1. The summed E-state index contributed by atoms with van der Waals surface area (Å²) in [5.41, 5.74) is 3.18. The molecule has 0 radical (unpaired) electrons. The van der Waals surface area contributed by atoms with Crippen LogP contribution in [0.2, 0.25) is 0 Å². The van der Waals surface area contributed by atoms with E-state index in [1.54, 1.807) is 11.8 Å². The predicted octanol–water partition coefficient (Wildman–Crippen LogP) is 5.20. The molecule has 1 aliphatic rings. The van der Waals surface area contributed by atoms with Crippen molar-refractivity contribution in [1.29, 1.82) is 0 Å². The second-order valence-electron chi connectivity index (χ2n) is 7.74. The summed E-state index contributed by atoms with van der Waals surface area (Å²) in [5, 5.41) is 3.09. The van der Waals surface area contributed by atoms with Crippen molar-refractivity contribution in [3.05, 3.63) is 59.2 Å². The molecule has 1 aliphatic heterocycles. The van der Waals surface area contributed by atoms with Crippen LogP contribution in [0.15, 0.2) is 47.4 Å². The van der Waals surface area contributed by atoms with Crippen LogP contribution in [0.5, 0.6) is 5.75 Å². The quantitative estimate of drug-likeness (QED) is 0.753. The Bertz CT molecular complexity index is 798. The number of benzene rings is 2. The Morgan fingerprint density at radius 2 is 1.81 bits per heavy atom. The molecular formula is C22H27NO2S. The van der Waals surface area contributed by atoms with Gasteiger partial charge in [-0.15, -0.1) is 11.8 Å². The lowest BCUT2D eigenvalue weighted by atomic mass is 9.89. The Hall–Kier alpha value is -1.94. The fraction of sp³-hybridized carbons (Fsp3) is 0.409. The minimum atomic E-state index is -0.298. The second-order valence-corrected chi connectivity index (χ2v) is 9.16. The molecule has 1 heterocycles. The third-order valence-corrected chi connectivity index (χ3v) is 5.75. The maximum Gasteiger partial charge on any atom is 0.233 e. The zero-order valence-electron chi connectivity index (χ0n) is 16.1. The molecule has 0 bridgehead atoms. The molecule has 0 saturated carbocycles. The van der Waals surface area contributed by atoms with Crippen LogP contribution in [0.1, 0.15) is 49.9 Å². The van der Waals surface area contributed by atoms with Crippen molar-refractivity contribution in [3.8, 4) is 5.75 Å². The molecule has 0 spiro atoms. The van der Waals surface area contributed by atoms with Gasteiger partial charge in [-0.1, -0.05) is 35.4 Å². The number of rotatable bonds is 4. The lowest BCUT2D eigenvalue weighted by Gasteiger charge is -2.38. The summed E-state index contributed by atoms with van der Waals surface area (Å²) in [4.78, 5) is 13.9. The number of hydrogen-bond acceptors (Lipinski definition) is 3. The number of amides is 1. The molecule has 2 aromatic carbocycles. The van der Waals surface area contributed by atoms with Crippen molar-refractivity contribution in [2.24, 2.45) is 0 Å². The molecule has 1 N–H and O–H groups in total. The summed E-state index contributed by atoms with van der Waals surface area (Å²) in [7, 11) is 0. The van der Waals surface area contributed by atoms with Crippen LogP contribution < -0.4 is 10.1 Å². The SMILES string of the molecule is Cc1ccc(S[C@@H](C)C(=O)N[C@H]2CC(C)(C)Oc3ccc(C)cc32)cc1. The highest BCUT2D eigenvalue weighted by Gasteiger charge is 2.35. The van der Waals surface area contributed by atoms with Crippen LogP contribution in [-0.4, -0.2) is 16.8 Å². The summed E-state index contributed by atoms with van der Waals surface area (Å²) in [5.74, 6) is 0.932. The van der Waals surface area contributed by atoms with E-state index in [0.29, 0.717) is 0 Å². The van der Waals surface area contributed by atoms with Gasteiger partial charge in [-0.05, 0) is 52.8 Å². The molecule has 0 saturated heterocycles. The highest BCUT2D eigenvalue weighted by molar-refractivity contribution is 8.00.